The Bertz CT molecular complexity index is 996. The van der Waals surface area contributed by atoms with Gasteiger partial charge in [-0.05, 0) is 111 Å². The Labute approximate surface area is 219 Å². The standard InChI is InChI=1S/C32H50O4/c1-20(33)36-25-12-13-30(6)23(27(25,2)3)11-14-32(8)24(30)10-9-21-22-19-29(5,26(34)35)16-15-28(22,4)17-18-31(21,32)7/h9,22-25H,10-19H2,1-8H3,(H,34,35)/t22-,23?,24+,25?,28+,29-,30-,31+,32+/m0/s1. The van der Waals surface area contributed by atoms with Crippen LogP contribution < -0.4 is 0 Å². The van der Waals surface area contributed by atoms with Gasteiger partial charge in [-0.25, -0.2) is 0 Å². The van der Waals surface area contributed by atoms with Crippen LogP contribution in [0.1, 0.15) is 120 Å². The van der Waals surface area contributed by atoms with Crippen molar-refractivity contribution in [3.63, 3.8) is 0 Å². The van der Waals surface area contributed by atoms with Gasteiger partial charge in [0.15, 0.2) is 0 Å². The van der Waals surface area contributed by atoms with Gasteiger partial charge in [-0.1, -0.05) is 53.2 Å². The minimum absolute atomic E-state index is 0.00837. The molecule has 0 aliphatic heterocycles. The van der Waals surface area contributed by atoms with Crippen molar-refractivity contribution < 1.29 is 19.4 Å². The highest BCUT2D eigenvalue weighted by Gasteiger charge is 2.68. The number of allylic oxidation sites excluding steroid dienone is 2. The van der Waals surface area contributed by atoms with Crippen molar-refractivity contribution in [1.82, 2.24) is 0 Å². The van der Waals surface area contributed by atoms with E-state index in [1.807, 2.05) is 6.92 Å². The van der Waals surface area contributed by atoms with Crippen LogP contribution in [0.4, 0.5) is 0 Å². The molecule has 0 aromatic rings. The third-order valence-corrected chi connectivity index (χ3v) is 13.6. The van der Waals surface area contributed by atoms with Crippen molar-refractivity contribution in [2.75, 3.05) is 0 Å². The van der Waals surface area contributed by atoms with Gasteiger partial charge in [-0.3, -0.25) is 9.59 Å². The van der Waals surface area contributed by atoms with Crippen molar-refractivity contribution >= 4 is 11.9 Å². The van der Waals surface area contributed by atoms with Crippen molar-refractivity contribution in [2.45, 2.75) is 126 Å². The molecule has 4 heteroatoms. The first-order chi connectivity index (χ1) is 16.5. The van der Waals surface area contributed by atoms with Crippen LogP contribution in [0, 0.1) is 50.2 Å². The summed E-state index contributed by atoms with van der Waals surface area (Å²) in [6.45, 7) is 18.4. The molecular weight excluding hydrogens is 448 g/mol. The molecule has 5 aliphatic rings. The van der Waals surface area contributed by atoms with Gasteiger partial charge in [0.1, 0.15) is 6.10 Å². The molecule has 5 aliphatic carbocycles. The second-order valence-electron chi connectivity index (χ2n) is 15.5. The second kappa shape index (κ2) is 7.85. The van der Waals surface area contributed by atoms with E-state index in [-0.39, 0.29) is 39.1 Å². The molecule has 0 aromatic carbocycles. The molecule has 0 saturated heterocycles. The molecule has 36 heavy (non-hydrogen) atoms. The van der Waals surface area contributed by atoms with E-state index in [0.717, 1.165) is 38.5 Å². The molecular formula is C32H50O4. The topological polar surface area (TPSA) is 63.6 Å². The number of carbonyl (C=O) groups is 2. The number of ether oxygens (including phenoxy) is 1. The Morgan fingerprint density at radius 3 is 2.19 bits per heavy atom. The first kappa shape index (κ1) is 26.3. The summed E-state index contributed by atoms with van der Waals surface area (Å²) < 4.78 is 5.88. The van der Waals surface area contributed by atoms with Gasteiger partial charge in [-0.2, -0.15) is 0 Å². The highest BCUT2D eigenvalue weighted by molar-refractivity contribution is 5.74. The number of hydrogen-bond acceptors (Lipinski definition) is 3. The lowest BCUT2D eigenvalue weighted by molar-refractivity contribution is -0.212. The normalized spacial score (nSPS) is 51.5. The molecule has 9 atom stereocenters. The number of rotatable bonds is 2. The highest BCUT2D eigenvalue weighted by atomic mass is 16.5. The molecule has 5 rings (SSSR count). The maximum Gasteiger partial charge on any atom is 0.309 e. The lowest BCUT2D eigenvalue weighted by atomic mass is 9.33. The van der Waals surface area contributed by atoms with Crippen LogP contribution in [0.25, 0.3) is 0 Å². The Hall–Kier alpha value is -1.32. The Morgan fingerprint density at radius 2 is 1.56 bits per heavy atom. The molecule has 0 bridgehead atoms. The van der Waals surface area contributed by atoms with Gasteiger partial charge in [0.05, 0.1) is 5.41 Å². The Balaban J connectivity index is 1.53. The molecule has 1 N–H and O–H groups in total. The Kier molecular flexibility index (Phi) is 5.74. The molecule has 0 amide bonds. The van der Waals surface area contributed by atoms with Gasteiger partial charge >= 0.3 is 11.9 Å². The zero-order chi connectivity index (χ0) is 26.5. The molecule has 0 heterocycles. The maximum atomic E-state index is 12.3. The quantitative estimate of drug-likeness (QED) is 0.311. The van der Waals surface area contributed by atoms with E-state index < -0.39 is 11.4 Å². The number of carboxylic acids is 1. The van der Waals surface area contributed by atoms with E-state index in [4.69, 9.17) is 4.74 Å². The van der Waals surface area contributed by atoms with Crippen LogP contribution in [0.2, 0.25) is 0 Å². The van der Waals surface area contributed by atoms with E-state index in [2.05, 4.69) is 47.6 Å². The summed E-state index contributed by atoms with van der Waals surface area (Å²) >= 11 is 0. The molecule has 0 radical (unpaired) electrons. The second-order valence-corrected chi connectivity index (χ2v) is 15.5. The largest absolute Gasteiger partial charge is 0.481 e. The minimum atomic E-state index is -0.614. The van der Waals surface area contributed by atoms with Gasteiger partial charge < -0.3 is 9.84 Å². The van der Waals surface area contributed by atoms with E-state index in [0.29, 0.717) is 17.8 Å². The zero-order valence-corrected chi connectivity index (χ0v) is 24.1. The lowest BCUT2D eigenvalue weighted by Crippen LogP contribution is -2.64. The van der Waals surface area contributed by atoms with Gasteiger partial charge in [0.25, 0.3) is 0 Å². The smallest absolute Gasteiger partial charge is 0.309 e. The van der Waals surface area contributed by atoms with Crippen molar-refractivity contribution in [3.05, 3.63) is 11.6 Å². The fourth-order valence-electron chi connectivity index (χ4n) is 10.9. The SMILES string of the molecule is CC(=O)OC1CC[C@@]2(C)C(CC[C@]3(C)[C@@H]2CC=C2[C@@H]4C[C@@](C)(C(=O)O)CC[C@]4(C)CC[C@]23C)C1(C)C. The lowest BCUT2D eigenvalue weighted by Gasteiger charge is -2.71. The number of carboxylic acid groups (broad SMARTS) is 1. The van der Waals surface area contributed by atoms with E-state index in [1.165, 1.54) is 25.7 Å². The number of aliphatic carboxylic acids is 1. The fourth-order valence-corrected chi connectivity index (χ4v) is 10.9. The average Bonchev–Trinajstić information content (AvgIpc) is 2.77. The van der Waals surface area contributed by atoms with Crippen LogP contribution in [-0.4, -0.2) is 23.1 Å². The van der Waals surface area contributed by atoms with Crippen molar-refractivity contribution in [1.29, 1.82) is 0 Å². The van der Waals surface area contributed by atoms with Crippen LogP contribution >= 0.6 is 0 Å². The monoisotopic (exact) mass is 498 g/mol. The summed E-state index contributed by atoms with van der Waals surface area (Å²) in [6.07, 6.45) is 13.3. The van der Waals surface area contributed by atoms with Gasteiger partial charge in [0, 0.05) is 12.3 Å². The van der Waals surface area contributed by atoms with Gasteiger partial charge in [0.2, 0.25) is 0 Å². The molecule has 2 unspecified atom stereocenters. The number of hydrogen-bond donors (Lipinski definition) is 1. The summed E-state index contributed by atoms with van der Waals surface area (Å²) in [7, 11) is 0. The van der Waals surface area contributed by atoms with Crippen molar-refractivity contribution in [3.8, 4) is 0 Å². The van der Waals surface area contributed by atoms with E-state index >= 15 is 0 Å². The Morgan fingerprint density at radius 1 is 0.889 bits per heavy atom. The summed E-state index contributed by atoms with van der Waals surface area (Å²) in [6, 6.07) is 0. The third-order valence-electron chi connectivity index (χ3n) is 13.6. The average molecular weight is 499 g/mol. The molecule has 4 fully saturated rings. The molecule has 4 nitrogen and oxygen atoms in total. The van der Waals surface area contributed by atoms with Crippen LogP contribution in [0.5, 0.6) is 0 Å². The van der Waals surface area contributed by atoms with Crippen molar-refractivity contribution in [2.24, 2.45) is 50.2 Å². The number of fused-ring (bicyclic) bond motifs is 7. The summed E-state index contributed by atoms with van der Waals surface area (Å²) in [5, 5.41) is 10.1. The fraction of sp³-hybridized carbons (Fsp3) is 0.875. The summed E-state index contributed by atoms with van der Waals surface area (Å²) in [4.78, 5) is 24.2. The molecule has 0 spiro atoms. The third kappa shape index (κ3) is 3.30. The predicted molar refractivity (Wildman–Crippen MR) is 142 cm³/mol. The highest BCUT2D eigenvalue weighted by Crippen LogP contribution is 2.75. The summed E-state index contributed by atoms with van der Waals surface area (Å²) in [5.41, 5.74) is 1.77. The first-order valence-electron chi connectivity index (χ1n) is 14.6. The van der Waals surface area contributed by atoms with Crippen LogP contribution in [0.15, 0.2) is 11.6 Å². The van der Waals surface area contributed by atoms with E-state index in [9.17, 15) is 14.7 Å². The predicted octanol–water partition coefficient (Wildman–Crippen LogP) is 7.80. The van der Waals surface area contributed by atoms with Crippen LogP contribution in [0.3, 0.4) is 0 Å². The van der Waals surface area contributed by atoms with E-state index in [1.54, 1.807) is 12.5 Å². The zero-order valence-electron chi connectivity index (χ0n) is 24.1. The van der Waals surface area contributed by atoms with Crippen LogP contribution in [-0.2, 0) is 14.3 Å². The molecule has 202 valence electrons. The number of esters is 1. The molecule has 0 aromatic heterocycles. The minimum Gasteiger partial charge on any atom is -0.481 e. The summed E-state index contributed by atoms with van der Waals surface area (Å²) in [5.74, 6) is 0.760. The first-order valence-corrected chi connectivity index (χ1v) is 14.6. The maximum absolute atomic E-state index is 12.3. The van der Waals surface area contributed by atoms with Gasteiger partial charge in [-0.15, -0.1) is 0 Å². The molecule has 4 saturated carbocycles. The number of carbonyl (C=O) groups excluding carboxylic acids is 1.